The van der Waals surface area contributed by atoms with Gasteiger partial charge in [0.05, 0.1) is 23.4 Å². The molecule has 26 heavy (non-hydrogen) atoms. The molecule has 0 N–H and O–H groups in total. The summed E-state index contributed by atoms with van der Waals surface area (Å²) < 4.78 is 32.6. The summed E-state index contributed by atoms with van der Waals surface area (Å²) in [6.45, 7) is 5.73. The third kappa shape index (κ3) is 3.24. The predicted octanol–water partition coefficient (Wildman–Crippen LogP) is 3.60. The molecule has 0 saturated heterocycles. The first-order chi connectivity index (χ1) is 12.3. The van der Waals surface area contributed by atoms with Gasteiger partial charge in [-0.25, -0.2) is 12.4 Å². The minimum atomic E-state index is -3.72. The predicted molar refractivity (Wildman–Crippen MR) is 101 cm³/mol. The zero-order valence-corrected chi connectivity index (χ0v) is 15.8. The number of aromatic nitrogens is 1. The molecule has 0 aliphatic carbocycles. The van der Waals surface area contributed by atoms with Crippen molar-refractivity contribution in [2.45, 2.75) is 32.1 Å². The molecule has 3 aromatic rings. The number of hydrogen-bond acceptors (Lipinski definition) is 4. The van der Waals surface area contributed by atoms with Crippen LogP contribution < -0.4 is 0 Å². The minimum absolute atomic E-state index is 0.110. The summed E-state index contributed by atoms with van der Waals surface area (Å²) >= 11 is 0. The maximum atomic E-state index is 13.1. The number of benzene rings is 2. The fourth-order valence-corrected chi connectivity index (χ4v) is 4.60. The monoisotopic (exact) mass is 371 g/mol. The third-order valence-corrected chi connectivity index (χ3v) is 6.10. The number of nitrogens with zero attached hydrogens (tertiary/aromatic N) is 1. The van der Waals surface area contributed by atoms with Crippen LogP contribution >= 0.6 is 0 Å². The van der Waals surface area contributed by atoms with E-state index in [0.29, 0.717) is 17.8 Å². The van der Waals surface area contributed by atoms with Crippen LogP contribution in [0.15, 0.2) is 53.4 Å². The van der Waals surface area contributed by atoms with Gasteiger partial charge in [0.15, 0.2) is 0 Å². The number of ether oxygens (including phenoxy) is 1. The lowest BCUT2D eigenvalue weighted by Gasteiger charge is -2.11. The zero-order valence-electron chi connectivity index (χ0n) is 15.0. The lowest BCUT2D eigenvalue weighted by molar-refractivity contribution is -0.142. The summed E-state index contributed by atoms with van der Waals surface area (Å²) in [6.07, 6.45) is 0.110. The van der Waals surface area contributed by atoms with E-state index in [4.69, 9.17) is 4.74 Å². The topological polar surface area (TPSA) is 65.4 Å². The number of esters is 1. The Morgan fingerprint density at radius 3 is 2.42 bits per heavy atom. The zero-order chi connectivity index (χ0) is 18.9. The van der Waals surface area contributed by atoms with Gasteiger partial charge in [0.25, 0.3) is 10.0 Å². The Balaban J connectivity index is 2.14. The van der Waals surface area contributed by atoms with Gasteiger partial charge in [0, 0.05) is 11.1 Å². The molecule has 0 unspecified atom stereocenters. The molecule has 1 heterocycles. The molecule has 0 saturated carbocycles. The third-order valence-electron chi connectivity index (χ3n) is 4.27. The number of aryl methyl sites for hydroxylation is 2. The van der Waals surface area contributed by atoms with E-state index in [1.807, 2.05) is 13.0 Å². The van der Waals surface area contributed by atoms with Gasteiger partial charge >= 0.3 is 5.97 Å². The molecule has 0 bridgehead atoms. The van der Waals surface area contributed by atoms with Gasteiger partial charge in [-0.15, -0.1) is 0 Å². The summed E-state index contributed by atoms with van der Waals surface area (Å²) in [7, 11) is -3.72. The SMILES string of the molecule is CCOC(=O)Cc1cccc2c1cc(C)n2S(=O)(=O)c1ccc(C)cc1. The molecule has 1 aromatic heterocycles. The van der Waals surface area contributed by atoms with Crippen LogP contribution in [0.25, 0.3) is 10.9 Å². The Morgan fingerprint density at radius 2 is 1.77 bits per heavy atom. The lowest BCUT2D eigenvalue weighted by atomic mass is 10.1. The number of fused-ring (bicyclic) bond motifs is 1. The normalized spacial score (nSPS) is 11.7. The van der Waals surface area contributed by atoms with Crippen molar-refractivity contribution in [3.63, 3.8) is 0 Å². The number of hydrogen-bond donors (Lipinski definition) is 0. The second-order valence-electron chi connectivity index (χ2n) is 6.20. The molecule has 0 radical (unpaired) electrons. The van der Waals surface area contributed by atoms with E-state index >= 15 is 0 Å². The molecular weight excluding hydrogens is 350 g/mol. The van der Waals surface area contributed by atoms with Crippen LogP contribution in [0.2, 0.25) is 0 Å². The van der Waals surface area contributed by atoms with E-state index in [9.17, 15) is 13.2 Å². The van der Waals surface area contributed by atoms with Crippen LogP contribution in [-0.2, 0) is 26.0 Å². The number of carbonyl (C=O) groups is 1. The van der Waals surface area contributed by atoms with Gasteiger partial charge in [-0.3, -0.25) is 4.79 Å². The fraction of sp³-hybridized carbons (Fsp3) is 0.250. The van der Waals surface area contributed by atoms with Crippen molar-refractivity contribution < 1.29 is 17.9 Å². The summed E-state index contributed by atoms with van der Waals surface area (Å²) in [6, 6.07) is 13.9. The second kappa shape index (κ2) is 6.96. The summed E-state index contributed by atoms with van der Waals surface area (Å²) in [4.78, 5) is 12.1. The van der Waals surface area contributed by atoms with Crippen molar-refractivity contribution in [3.8, 4) is 0 Å². The first kappa shape index (κ1) is 18.2. The van der Waals surface area contributed by atoms with Crippen LogP contribution in [0.4, 0.5) is 0 Å². The van der Waals surface area contributed by atoms with E-state index in [-0.39, 0.29) is 17.3 Å². The Kier molecular flexibility index (Phi) is 4.87. The molecule has 3 rings (SSSR count). The van der Waals surface area contributed by atoms with Crippen molar-refractivity contribution in [1.82, 2.24) is 3.97 Å². The highest BCUT2D eigenvalue weighted by molar-refractivity contribution is 7.90. The van der Waals surface area contributed by atoms with Crippen LogP contribution in [0.3, 0.4) is 0 Å². The fourth-order valence-electron chi connectivity index (χ4n) is 3.06. The van der Waals surface area contributed by atoms with Crippen molar-refractivity contribution >= 4 is 26.9 Å². The molecule has 0 fully saturated rings. The average molecular weight is 371 g/mol. The molecule has 2 aromatic carbocycles. The maximum absolute atomic E-state index is 13.1. The lowest BCUT2D eigenvalue weighted by Crippen LogP contribution is -2.14. The summed E-state index contributed by atoms with van der Waals surface area (Å²) in [5.74, 6) is -0.327. The largest absolute Gasteiger partial charge is 0.466 e. The van der Waals surface area contributed by atoms with Gasteiger partial charge in [0.2, 0.25) is 0 Å². The molecule has 0 atom stereocenters. The van der Waals surface area contributed by atoms with Crippen molar-refractivity contribution in [2.75, 3.05) is 6.61 Å². The van der Waals surface area contributed by atoms with E-state index in [1.54, 1.807) is 56.3 Å². The standard InChI is InChI=1S/C20H21NO4S/c1-4-25-20(22)13-16-6-5-7-19-18(16)12-15(3)21(19)26(23,24)17-10-8-14(2)9-11-17/h5-12H,4,13H2,1-3H3. The van der Waals surface area contributed by atoms with Crippen molar-refractivity contribution in [2.24, 2.45) is 0 Å². The van der Waals surface area contributed by atoms with Crippen LogP contribution in [0.5, 0.6) is 0 Å². The molecule has 6 heteroatoms. The number of rotatable bonds is 5. The Morgan fingerprint density at radius 1 is 1.08 bits per heavy atom. The van der Waals surface area contributed by atoms with Gasteiger partial charge < -0.3 is 4.74 Å². The Hall–Kier alpha value is -2.60. The highest BCUT2D eigenvalue weighted by Gasteiger charge is 2.22. The van der Waals surface area contributed by atoms with Gasteiger partial charge in [-0.1, -0.05) is 29.8 Å². The van der Waals surface area contributed by atoms with E-state index in [1.165, 1.54) is 3.97 Å². The quantitative estimate of drug-likeness (QED) is 0.643. The Labute approximate surface area is 153 Å². The first-order valence-corrected chi connectivity index (χ1v) is 9.86. The molecule has 0 spiro atoms. The smallest absolute Gasteiger partial charge is 0.310 e. The van der Waals surface area contributed by atoms with Crippen molar-refractivity contribution in [3.05, 3.63) is 65.4 Å². The van der Waals surface area contributed by atoms with E-state index in [2.05, 4.69) is 0 Å². The summed E-state index contributed by atoms with van der Waals surface area (Å²) in [5.41, 5.74) is 2.90. The van der Waals surface area contributed by atoms with Gasteiger partial charge in [0.1, 0.15) is 0 Å². The van der Waals surface area contributed by atoms with Crippen LogP contribution in [0, 0.1) is 13.8 Å². The van der Waals surface area contributed by atoms with Crippen LogP contribution in [0.1, 0.15) is 23.7 Å². The van der Waals surface area contributed by atoms with Crippen molar-refractivity contribution in [1.29, 1.82) is 0 Å². The van der Waals surface area contributed by atoms with Crippen LogP contribution in [-0.4, -0.2) is 25.0 Å². The molecular formula is C20H21NO4S. The Bertz CT molecular complexity index is 1060. The summed E-state index contributed by atoms with van der Waals surface area (Å²) in [5, 5.41) is 0.744. The van der Waals surface area contributed by atoms with E-state index < -0.39 is 10.0 Å². The molecule has 0 amide bonds. The van der Waals surface area contributed by atoms with E-state index in [0.717, 1.165) is 16.5 Å². The first-order valence-electron chi connectivity index (χ1n) is 8.42. The molecule has 0 aliphatic rings. The second-order valence-corrected chi connectivity index (χ2v) is 7.99. The van der Waals surface area contributed by atoms with Gasteiger partial charge in [-0.05, 0) is 50.6 Å². The highest BCUT2D eigenvalue weighted by Crippen LogP contribution is 2.28. The molecule has 5 nitrogen and oxygen atoms in total. The maximum Gasteiger partial charge on any atom is 0.310 e. The highest BCUT2D eigenvalue weighted by atomic mass is 32.2. The average Bonchev–Trinajstić information content (AvgIpc) is 2.93. The minimum Gasteiger partial charge on any atom is -0.466 e. The molecule has 0 aliphatic heterocycles. The molecule has 136 valence electrons. The van der Waals surface area contributed by atoms with Gasteiger partial charge in [-0.2, -0.15) is 0 Å². The number of carbonyl (C=O) groups excluding carboxylic acids is 1.